The van der Waals surface area contributed by atoms with Crippen LogP contribution >= 0.6 is 0 Å². The molecule has 0 heterocycles. The highest BCUT2D eigenvalue weighted by Gasteiger charge is 2.03. The fourth-order valence-electron chi connectivity index (χ4n) is 1.09. The number of nitrogens with zero attached hydrogens (tertiary/aromatic N) is 1. The van der Waals surface area contributed by atoms with Gasteiger partial charge in [0.05, 0.1) is 0 Å². The van der Waals surface area contributed by atoms with Crippen molar-refractivity contribution in [3.05, 3.63) is 12.2 Å². The van der Waals surface area contributed by atoms with Crippen molar-refractivity contribution in [2.45, 2.75) is 13.8 Å². The summed E-state index contributed by atoms with van der Waals surface area (Å²) in [6, 6.07) is 0. The van der Waals surface area contributed by atoms with Crippen LogP contribution in [0, 0.1) is 0 Å². The summed E-state index contributed by atoms with van der Waals surface area (Å²) >= 11 is 0. The van der Waals surface area contributed by atoms with Crippen molar-refractivity contribution >= 4 is 5.97 Å². The van der Waals surface area contributed by atoms with Crippen LogP contribution in [0.25, 0.3) is 0 Å². The fraction of sp³-hybridized carbons (Fsp3) is 0.700. The van der Waals surface area contributed by atoms with Crippen LogP contribution in [0.3, 0.4) is 0 Å². The minimum Gasteiger partial charge on any atom is -0.478 e. The highest BCUT2D eigenvalue weighted by Crippen LogP contribution is 1.87. The van der Waals surface area contributed by atoms with E-state index in [1.54, 1.807) is 0 Å². The number of likely N-dealkylation sites (N-methyl/N-ethyl adjacent to an activating group) is 1. The summed E-state index contributed by atoms with van der Waals surface area (Å²) in [4.78, 5) is 12.7. The van der Waals surface area contributed by atoms with Crippen molar-refractivity contribution in [2.24, 2.45) is 0 Å². The number of aliphatic carboxylic acids is 1. The minimum atomic E-state index is -0.930. The zero-order valence-corrected chi connectivity index (χ0v) is 9.05. The monoisotopic (exact) mass is 200 g/mol. The Morgan fingerprint density at radius 3 is 2.43 bits per heavy atom. The number of hydrogen-bond acceptors (Lipinski definition) is 3. The zero-order chi connectivity index (χ0) is 11.0. The normalized spacial score (nSPS) is 10.5. The van der Waals surface area contributed by atoms with Crippen LogP contribution in [0.2, 0.25) is 0 Å². The second-order valence-corrected chi connectivity index (χ2v) is 3.11. The van der Waals surface area contributed by atoms with Crippen molar-refractivity contribution in [3.8, 4) is 0 Å². The third-order valence-corrected chi connectivity index (χ3v) is 2.14. The molecule has 0 aromatic rings. The summed E-state index contributed by atoms with van der Waals surface area (Å²) in [6.07, 6.45) is 0. The van der Waals surface area contributed by atoms with Gasteiger partial charge in [-0.1, -0.05) is 20.4 Å². The number of nitrogens with one attached hydrogen (secondary N) is 1. The molecule has 0 aromatic heterocycles. The highest BCUT2D eigenvalue weighted by atomic mass is 16.4. The molecule has 0 bridgehead atoms. The Labute approximate surface area is 85.6 Å². The van der Waals surface area contributed by atoms with Gasteiger partial charge in [0.1, 0.15) is 0 Å². The lowest BCUT2D eigenvalue weighted by molar-refractivity contribution is -0.132. The lowest BCUT2D eigenvalue weighted by atomic mass is 10.3. The van der Waals surface area contributed by atoms with Crippen LogP contribution in [0.1, 0.15) is 13.8 Å². The van der Waals surface area contributed by atoms with Crippen LogP contribution in [-0.2, 0) is 4.79 Å². The van der Waals surface area contributed by atoms with Crippen molar-refractivity contribution in [1.82, 2.24) is 10.2 Å². The molecule has 0 atom stereocenters. The number of carbonyl (C=O) groups is 1. The molecule has 2 N–H and O–H groups in total. The van der Waals surface area contributed by atoms with Crippen molar-refractivity contribution in [2.75, 3.05) is 32.7 Å². The van der Waals surface area contributed by atoms with Gasteiger partial charge in [-0.15, -0.1) is 0 Å². The predicted molar refractivity (Wildman–Crippen MR) is 57.4 cm³/mol. The molecular formula is C10H20N2O2. The third kappa shape index (κ3) is 5.72. The second-order valence-electron chi connectivity index (χ2n) is 3.11. The Morgan fingerprint density at radius 1 is 1.43 bits per heavy atom. The van der Waals surface area contributed by atoms with Gasteiger partial charge in [-0.3, -0.25) is 0 Å². The molecule has 0 fully saturated rings. The van der Waals surface area contributed by atoms with E-state index in [4.69, 9.17) is 5.11 Å². The standard InChI is InChI=1S/C10H20N2O2/c1-4-12(5-2)7-6-11-8-9(3)10(13)14/h11H,3-8H2,1-2H3,(H,13,14). The van der Waals surface area contributed by atoms with Crippen molar-refractivity contribution < 1.29 is 9.90 Å². The molecule has 4 heteroatoms. The van der Waals surface area contributed by atoms with Crippen LogP contribution < -0.4 is 5.32 Å². The number of carboxylic acid groups (broad SMARTS) is 1. The number of carboxylic acids is 1. The van der Waals surface area contributed by atoms with Gasteiger partial charge in [0, 0.05) is 25.2 Å². The molecule has 0 radical (unpaired) electrons. The van der Waals surface area contributed by atoms with E-state index >= 15 is 0 Å². The molecule has 82 valence electrons. The second kappa shape index (κ2) is 7.53. The average molecular weight is 200 g/mol. The van der Waals surface area contributed by atoms with Crippen molar-refractivity contribution in [1.29, 1.82) is 0 Å². The first kappa shape index (κ1) is 13.1. The van der Waals surface area contributed by atoms with E-state index < -0.39 is 5.97 Å². The maximum absolute atomic E-state index is 10.4. The van der Waals surface area contributed by atoms with E-state index in [-0.39, 0.29) is 5.57 Å². The Bertz CT molecular complexity index is 189. The van der Waals surface area contributed by atoms with Gasteiger partial charge in [0.15, 0.2) is 0 Å². The summed E-state index contributed by atoms with van der Waals surface area (Å²) in [6.45, 7) is 11.8. The zero-order valence-electron chi connectivity index (χ0n) is 9.05. The maximum Gasteiger partial charge on any atom is 0.332 e. The van der Waals surface area contributed by atoms with Crippen LogP contribution in [0.4, 0.5) is 0 Å². The third-order valence-electron chi connectivity index (χ3n) is 2.14. The van der Waals surface area contributed by atoms with Crippen molar-refractivity contribution in [3.63, 3.8) is 0 Å². The fourth-order valence-corrected chi connectivity index (χ4v) is 1.09. The topological polar surface area (TPSA) is 52.6 Å². The molecule has 0 spiro atoms. The van der Waals surface area contributed by atoms with Gasteiger partial charge in [-0.2, -0.15) is 0 Å². The van der Waals surface area contributed by atoms with Gasteiger partial charge in [0.2, 0.25) is 0 Å². The van der Waals surface area contributed by atoms with E-state index in [0.29, 0.717) is 6.54 Å². The molecule has 0 saturated carbocycles. The Hall–Kier alpha value is -0.870. The molecule has 0 saturated heterocycles. The maximum atomic E-state index is 10.4. The summed E-state index contributed by atoms with van der Waals surface area (Å²) in [7, 11) is 0. The SMILES string of the molecule is C=C(CNCCN(CC)CC)C(=O)O. The van der Waals surface area contributed by atoms with Gasteiger partial charge in [0.25, 0.3) is 0 Å². The van der Waals surface area contributed by atoms with Crippen LogP contribution in [-0.4, -0.2) is 48.7 Å². The van der Waals surface area contributed by atoms with E-state index in [0.717, 1.165) is 26.2 Å². The summed E-state index contributed by atoms with van der Waals surface area (Å²) < 4.78 is 0. The molecule has 4 nitrogen and oxygen atoms in total. The molecular weight excluding hydrogens is 180 g/mol. The van der Waals surface area contributed by atoms with Gasteiger partial charge < -0.3 is 15.3 Å². The number of hydrogen-bond donors (Lipinski definition) is 2. The molecule has 0 aliphatic rings. The largest absolute Gasteiger partial charge is 0.478 e. The Morgan fingerprint density at radius 2 is 2.00 bits per heavy atom. The molecule has 0 unspecified atom stereocenters. The van der Waals surface area contributed by atoms with Crippen LogP contribution in [0.15, 0.2) is 12.2 Å². The molecule has 14 heavy (non-hydrogen) atoms. The lowest BCUT2D eigenvalue weighted by Gasteiger charge is -2.17. The van der Waals surface area contributed by atoms with Gasteiger partial charge >= 0.3 is 5.97 Å². The van der Waals surface area contributed by atoms with Crippen LogP contribution in [0.5, 0.6) is 0 Å². The number of rotatable bonds is 8. The molecule has 0 rings (SSSR count). The van der Waals surface area contributed by atoms with Gasteiger partial charge in [-0.25, -0.2) is 4.79 Å². The Balaban J connectivity index is 3.46. The van der Waals surface area contributed by atoms with E-state index in [1.165, 1.54) is 0 Å². The molecule has 0 amide bonds. The van der Waals surface area contributed by atoms with E-state index in [2.05, 4.69) is 30.6 Å². The lowest BCUT2D eigenvalue weighted by Crippen LogP contribution is -2.33. The molecule has 0 aliphatic carbocycles. The Kier molecular flexibility index (Phi) is 7.06. The first-order valence-corrected chi connectivity index (χ1v) is 4.95. The molecule has 0 aromatic carbocycles. The summed E-state index contributed by atoms with van der Waals surface area (Å²) in [5.74, 6) is -0.930. The first-order valence-electron chi connectivity index (χ1n) is 4.95. The van der Waals surface area contributed by atoms with E-state index in [9.17, 15) is 4.79 Å². The highest BCUT2D eigenvalue weighted by molar-refractivity contribution is 5.86. The summed E-state index contributed by atoms with van der Waals surface area (Å²) in [5, 5.41) is 11.6. The van der Waals surface area contributed by atoms with E-state index in [1.807, 2.05) is 0 Å². The minimum absolute atomic E-state index is 0.213. The predicted octanol–water partition coefficient (Wildman–Crippen LogP) is 0.559. The van der Waals surface area contributed by atoms with Gasteiger partial charge in [-0.05, 0) is 13.1 Å². The smallest absolute Gasteiger partial charge is 0.332 e. The first-order chi connectivity index (χ1) is 6.61. The molecule has 0 aliphatic heterocycles. The quantitative estimate of drug-likeness (QED) is 0.444. The average Bonchev–Trinajstić information content (AvgIpc) is 2.17. The summed E-state index contributed by atoms with van der Waals surface area (Å²) in [5.41, 5.74) is 0.213.